The first-order chi connectivity index (χ1) is 9.17. The highest BCUT2D eigenvalue weighted by Crippen LogP contribution is 2.18. The fourth-order valence-electron chi connectivity index (χ4n) is 1.59. The summed E-state index contributed by atoms with van der Waals surface area (Å²) in [4.78, 5) is 22.4. The molecule has 0 spiro atoms. The largest absolute Gasteiger partial charge is 0.550 e. The number of aliphatic carboxylic acids is 1. The molecule has 1 aromatic rings. The Kier molecular flexibility index (Phi) is 5.07. The number of amides is 1. The third kappa shape index (κ3) is 5.69. The van der Waals surface area contributed by atoms with Crippen molar-refractivity contribution in [1.82, 2.24) is 5.32 Å². The quantitative estimate of drug-likeness (QED) is 0.908. The predicted molar refractivity (Wildman–Crippen MR) is 68.1 cm³/mol. The number of benzene rings is 1. The topological polar surface area (TPSA) is 78.5 Å². The lowest BCUT2D eigenvalue weighted by Gasteiger charge is -2.24. The number of carboxylic acids is 1. The number of nitrogens with one attached hydrogen (secondary N) is 1. The van der Waals surface area contributed by atoms with E-state index in [1.54, 1.807) is 20.8 Å². The van der Waals surface area contributed by atoms with E-state index >= 15 is 0 Å². The monoisotopic (exact) mass is 282 g/mol. The first-order valence-electron chi connectivity index (χ1n) is 6.12. The molecule has 1 rings (SSSR count). The molecule has 1 aromatic carbocycles. The summed E-state index contributed by atoms with van der Waals surface area (Å²) in [5, 5.41) is 13.1. The van der Waals surface area contributed by atoms with Gasteiger partial charge in [0.2, 0.25) is 0 Å². The molecule has 0 aliphatic carbocycles. The van der Waals surface area contributed by atoms with E-state index in [-0.39, 0.29) is 0 Å². The standard InChI is InChI=1S/C14H18FNO4/c1-14(2,3)20-13(19)16-11(8-12(17)18)9-5-4-6-10(15)7-9/h4-7,11H,8H2,1-3H3,(H,16,19)(H,17,18)/p-1/t11-/m0/s1. The SMILES string of the molecule is CC(C)(C)OC(=O)N[C@@H](CC(=O)[O-])c1cccc(F)c1. The summed E-state index contributed by atoms with van der Waals surface area (Å²) in [6.07, 6.45) is -1.24. The van der Waals surface area contributed by atoms with Crippen molar-refractivity contribution in [2.45, 2.75) is 38.8 Å². The summed E-state index contributed by atoms with van der Waals surface area (Å²) in [5.74, 6) is -1.87. The normalized spacial score (nSPS) is 12.6. The average molecular weight is 282 g/mol. The Morgan fingerprint density at radius 1 is 1.40 bits per heavy atom. The minimum Gasteiger partial charge on any atom is -0.550 e. The zero-order chi connectivity index (χ0) is 15.3. The summed E-state index contributed by atoms with van der Waals surface area (Å²) >= 11 is 0. The van der Waals surface area contributed by atoms with Crippen molar-refractivity contribution < 1.29 is 23.8 Å². The number of ether oxygens (including phenoxy) is 1. The molecule has 1 amide bonds. The van der Waals surface area contributed by atoms with Crippen LogP contribution in [0.4, 0.5) is 9.18 Å². The number of alkyl carbamates (subject to hydrolysis) is 1. The van der Waals surface area contributed by atoms with Gasteiger partial charge in [-0.15, -0.1) is 0 Å². The number of carbonyl (C=O) groups is 2. The van der Waals surface area contributed by atoms with E-state index in [1.165, 1.54) is 18.2 Å². The first-order valence-corrected chi connectivity index (χ1v) is 6.12. The van der Waals surface area contributed by atoms with E-state index in [1.807, 2.05) is 0 Å². The minimum absolute atomic E-state index is 0.333. The van der Waals surface area contributed by atoms with Crippen molar-refractivity contribution in [3.63, 3.8) is 0 Å². The van der Waals surface area contributed by atoms with Gasteiger partial charge in [-0.05, 0) is 38.5 Å². The lowest BCUT2D eigenvalue weighted by Crippen LogP contribution is -2.37. The van der Waals surface area contributed by atoms with Crippen molar-refractivity contribution in [3.8, 4) is 0 Å². The molecule has 0 saturated heterocycles. The molecule has 0 saturated carbocycles. The summed E-state index contributed by atoms with van der Waals surface area (Å²) in [7, 11) is 0. The highest BCUT2D eigenvalue weighted by molar-refractivity contribution is 5.71. The van der Waals surface area contributed by atoms with Crippen LogP contribution in [0.15, 0.2) is 24.3 Å². The summed E-state index contributed by atoms with van der Waals surface area (Å²) in [6, 6.07) is 4.43. The van der Waals surface area contributed by atoms with E-state index in [2.05, 4.69) is 5.32 Å². The van der Waals surface area contributed by atoms with E-state index < -0.39 is 35.9 Å². The maximum Gasteiger partial charge on any atom is 0.408 e. The number of halogens is 1. The van der Waals surface area contributed by atoms with Crippen LogP contribution in [-0.2, 0) is 9.53 Å². The fraction of sp³-hybridized carbons (Fsp3) is 0.429. The van der Waals surface area contributed by atoms with Crippen molar-refractivity contribution in [2.75, 3.05) is 0 Å². The maximum atomic E-state index is 13.2. The Morgan fingerprint density at radius 3 is 2.55 bits per heavy atom. The molecular formula is C14H17FNO4-. The second kappa shape index (κ2) is 6.36. The van der Waals surface area contributed by atoms with Crippen LogP contribution in [0.25, 0.3) is 0 Å². The molecule has 20 heavy (non-hydrogen) atoms. The Hall–Kier alpha value is -2.11. The molecule has 1 atom stereocenters. The van der Waals surface area contributed by atoms with Gasteiger partial charge >= 0.3 is 6.09 Å². The van der Waals surface area contributed by atoms with Gasteiger partial charge in [0, 0.05) is 12.4 Å². The third-order valence-corrected chi connectivity index (χ3v) is 2.31. The van der Waals surface area contributed by atoms with Gasteiger partial charge in [-0.3, -0.25) is 0 Å². The van der Waals surface area contributed by atoms with Crippen LogP contribution in [-0.4, -0.2) is 17.7 Å². The van der Waals surface area contributed by atoms with Crippen LogP contribution in [0.2, 0.25) is 0 Å². The van der Waals surface area contributed by atoms with Crippen molar-refractivity contribution in [1.29, 1.82) is 0 Å². The number of carbonyl (C=O) groups excluding carboxylic acids is 2. The van der Waals surface area contributed by atoms with Gasteiger partial charge in [-0.1, -0.05) is 12.1 Å². The van der Waals surface area contributed by atoms with Gasteiger partial charge in [-0.2, -0.15) is 0 Å². The Labute approximate surface area is 116 Å². The molecule has 0 unspecified atom stereocenters. The van der Waals surface area contributed by atoms with Crippen molar-refractivity contribution in [3.05, 3.63) is 35.6 Å². The lowest BCUT2D eigenvalue weighted by molar-refractivity contribution is -0.306. The Morgan fingerprint density at radius 2 is 2.05 bits per heavy atom. The first kappa shape index (κ1) is 15.9. The van der Waals surface area contributed by atoms with E-state index in [4.69, 9.17) is 4.74 Å². The predicted octanol–water partition coefficient (Wildman–Crippen LogP) is 1.53. The van der Waals surface area contributed by atoms with Crippen LogP contribution in [0.1, 0.15) is 38.8 Å². The molecular weight excluding hydrogens is 265 g/mol. The van der Waals surface area contributed by atoms with Gasteiger partial charge in [-0.25, -0.2) is 9.18 Å². The number of hydrogen-bond acceptors (Lipinski definition) is 4. The summed E-state index contributed by atoms with van der Waals surface area (Å²) in [5.41, 5.74) is -0.377. The Balaban J connectivity index is 2.85. The molecule has 5 nitrogen and oxygen atoms in total. The molecule has 0 fully saturated rings. The second-order valence-corrected chi connectivity index (χ2v) is 5.33. The Bertz CT molecular complexity index is 496. The van der Waals surface area contributed by atoms with Crippen LogP contribution >= 0.6 is 0 Å². The fourth-order valence-corrected chi connectivity index (χ4v) is 1.59. The molecule has 0 heterocycles. The van der Waals surface area contributed by atoms with E-state index in [0.29, 0.717) is 5.56 Å². The molecule has 0 aliphatic rings. The van der Waals surface area contributed by atoms with Gasteiger partial charge < -0.3 is 20.0 Å². The number of hydrogen-bond donors (Lipinski definition) is 1. The minimum atomic E-state index is -1.35. The molecule has 0 radical (unpaired) electrons. The molecule has 6 heteroatoms. The van der Waals surface area contributed by atoms with E-state index in [0.717, 1.165) is 6.07 Å². The smallest absolute Gasteiger partial charge is 0.408 e. The highest BCUT2D eigenvalue weighted by Gasteiger charge is 2.21. The molecule has 110 valence electrons. The van der Waals surface area contributed by atoms with Gasteiger partial charge in [0.1, 0.15) is 11.4 Å². The van der Waals surface area contributed by atoms with Crippen LogP contribution in [0.3, 0.4) is 0 Å². The zero-order valence-corrected chi connectivity index (χ0v) is 11.6. The lowest BCUT2D eigenvalue weighted by atomic mass is 10.0. The summed E-state index contributed by atoms with van der Waals surface area (Å²) < 4.78 is 18.2. The van der Waals surface area contributed by atoms with Gasteiger partial charge in [0.25, 0.3) is 0 Å². The van der Waals surface area contributed by atoms with Crippen LogP contribution in [0, 0.1) is 5.82 Å². The maximum absolute atomic E-state index is 13.2. The number of rotatable bonds is 4. The third-order valence-electron chi connectivity index (χ3n) is 2.31. The zero-order valence-electron chi connectivity index (χ0n) is 11.6. The second-order valence-electron chi connectivity index (χ2n) is 5.33. The highest BCUT2D eigenvalue weighted by atomic mass is 19.1. The molecule has 0 bridgehead atoms. The molecule has 0 aliphatic heterocycles. The van der Waals surface area contributed by atoms with Gasteiger partial charge in [0.05, 0.1) is 6.04 Å². The number of carboxylic acid groups (broad SMARTS) is 1. The van der Waals surface area contributed by atoms with Gasteiger partial charge in [0.15, 0.2) is 0 Å². The van der Waals surface area contributed by atoms with Crippen molar-refractivity contribution >= 4 is 12.1 Å². The van der Waals surface area contributed by atoms with Crippen LogP contribution in [0.5, 0.6) is 0 Å². The summed E-state index contributed by atoms with van der Waals surface area (Å²) in [6.45, 7) is 5.05. The van der Waals surface area contributed by atoms with E-state index in [9.17, 15) is 19.1 Å². The average Bonchev–Trinajstić information content (AvgIpc) is 2.24. The molecule has 0 aromatic heterocycles. The van der Waals surface area contributed by atoms with Crippen molar-refractivity contribution in [2.24, 2.45) is 0 Å². The molecule has 1 N–H and O–H groups in total. The van der Waals surface area contributed by atoms with Crippen LogP contribution < -0.4 is 10.4 Å².